The van der Waals surface area contributed by atoms with E-state index < -0.39 is 6.29 Å². The zero-order valence-electron chi connectivity index (χ0n) is 24.4. The van der Waals surface area contributed by atoms with Crippen molar-refractivity contribution in [2.75, 3.05) is 12.9 Å². The summed E-state index contributed by atoms with van der Waals surface area (Å²) >= 11 is 1.71. The number of aliphatic hydroxyl groups excluding tert-OH is 1. The molecule has 0 spiro atoms. The minimum atomic E-state index is -0.557. The first kappa shape index (κ1) is 30.6. The molecule has 0 aliphatic carbocycles. The standard InChI is InChI=1S/C35H38N2O5S/c1-24-31(23-43-32-11-7-6-10-30(32)40-2)41-34(42-33(24)28-16-14-27(22-38)15-17-28)29-18-12-26(13-19-29)21-37-35(39)36-20-25-8-4-3-5-9-25/h3-19,24,31,33-34,38H,20-23H2,1-2H3,(H2,36,37,39)/t24-,31+,33+,34+/m1/s1. The van der Waals surface area contributed by atoms with Gasteiger partial charge in [-0.25, -0.2) is 4.79 Å². The number of methoxy groups -OCH3 is 1. The van der Waals surface area contributed by atoms with Crippen molar-refractivity contribution in [3.05, 3.63) is 131 Å². The van der Waals surface area contributed by atoms with Gasteiger partial charge in [0.1, 0.15) is 5.75 Å². The Kier molecular flexibility index (Phi) is 10.7. The molecule has 0 unspecified atom stereocenters. The molecule has 43 heavy (non-hydrogen) atoms. The maximum atomic E-state index is 12.3. The molecule has 1 saturated heterocycles. The third-order valence-corrected chi connectivity index (χ3v) is 8.74. The van der Waals surface area contributed by atoms with Crippen LogP contribution in [-0.4, -0.2) is 30.1 Å². The fourth-order valence-corrected chi connectivity index (χ4v) is 6.23. The fourth-order valence-electron chi connectivity index (χ4n) is 5.04. The molecular formula is C35H38N2O5S. The second-order valence-electron chi connectivity index (χ2n) is 10.5. The molecule has 0 radical (unpaired) electrons. The van der Waals surface area contributed by atoms with Gasteiger partial charge < -0.3 is 30.0 Å². The van der Waals surface area contributed by atoms with E-state index >= 15 is 0 Å². The van der Waals surface area contributed by atoms with Gasteiger partial charge in [0.2, 0.25) is 0 Å². The predicted molar refractivity (Wildman–Crippen MR) is 169 cm³/mol. The topological polar surface area (TPSA) is 89.1 Å². The van der Waals surface area contributed by atoms with Crippen LogP contribution in [0.15, 0.2) is 108 Å². The van der Waals surface area contributed by atoms with Crippen LogP contribution in [0.2, 0.25) is 0 Å². The highest BCUT2D eigenvalue weighted by atomic mass is 32.2. The molecule has 1 aliphatic heterocycles. The van der Waals surface area contributed by atoms with Crippen LogP contribution in [0.3, 0.4) is 0 Å². The van der Waals surface area contributed by atoms with Gasteiger partial charge in [-0.05, 0) is 34.4 Å². The lowest BCUT2D eigenvalue weighted by Gasteiger charge is -2.41. The number of hydrogen-bond donors (Lipinski definition) is 3. The van der Waals surface area contributed by atoms with Crippen molar-refractivity contribution in [3.63, 3.8) is 0 Å². The summed E-state index contributed by atoms with van der Waals surface area (Å²) in [7, 11) is 1.69. The molecule has 0 aromatic heterocycles. The van der Waals surface area contributed by atoms with Gasteiger partial charge in [-0.2, -0.15) is 0 Å². The third-order valence-electron chi connectivity index (χ3n) is 7.60. The molecular weight excluding hydrogens is 560 g/mol. The molecule has 5 rings (SSSR count). The number of carbonyl (C=O) groups is 1. The van der Waals surface area contributed by atoms with Crippen LogP contribution in [0.4, 0.5) is 4.79 Å². The monoisotopic (exact) mass is 598 g/mol. The number of amides is 2. The minimum Gasteiger partial charge on any atom is -0.496 e. The van der Waals surface area contributed by atoms with Crippen LogP contribution in [0.5, 0.6) is 5.75 Å². The van der Waals surface area contributed by atoms with Gasteiger partial charge >= 0.3 is 6.03 Å². The first-order chi connectivity index (χ1) is 21.0. The Morgan fingerprint density at radius 1 is 0.791 bits per heavy atom. The van der Waals surface area contributed by atoms with Crippen LogP contribution in [0.25, 0.3) is 0 Å². The summed E-state index contributed by atoms with van der Waals surface area (Å²) < 4.78 is 18.7. The van der Waals surface area contributed by atoms with Crippen molar-refractivity contribution >= 4 is 17.8 Å². The average molecular weight is 599 g/mol. The number of urea groups is 1. The number of benzene rings is 4. The molecule has 3 N–H and O–H groups in total. The molecule has 0 saturated carbocycles. The molecule has 0 bridgehead atoms. The van der Waals surface area contributed by atoms with E-state index in [0.29, 0.717) is 13.1 Å². The Bertz CT molecular complexity index is 1450. The van der Waals surface area contributed by atoms with E-state index in [-0.39, 0.29) is 30.8 Å². The van der Waals surface area contributed by atoms with E-state index in [4.69, 9.17) is 14.2 Å². The van der Waals surface area contributed by atoms with E-state index in [1.165, 1.54) is 0 Å². The second-order valence-corrected chi connectivity index (χ2v) is 11.6. The molecule has 2 amide bonds. The fraction of sp³-hybridized carbons (Fsp3) is 0.286. The van der Waals surface area contributed by atoms with Gasteiger partial charge in [0, 0.05) is 35.2 Å². The summed E-state index contributed by atoms with van der Waals surface area (Å²) in [5.41, 5.74) is 4.84. The van der Waals surface area contributed by atoms with E-state index in [0.717, 1.165) is 44.2 Å². The Labute approximate surface area is 257 Å². The van der Waals surface area contributed by atoms with E-state index in [1.807, 2.05) is 97.1 Å². The molecule has 224 valence electrons. The summed E-state index contributed by atoms with van der Waals surface area (Å²) in [4.78, 5) is 13.4. The van der Waals surface area contributed by atoms with Crippen molar-refractivity contribution in [1.29, 1.82) is 0 Å². The molecule has 1 aliphatic rings. The molecule has 4 atom stereocenters. The van der Waals surface area contributed by atoms with E-state index in [2.05, 4.69) is 23.6 Å². The number of carbonyl (C=O) groups excluding carboxylic acids is 1. The van der Waals surface area contributed by atoms with Crippen LogP contribution >= 0.6 is 11.8 Å². The number of aliphatic hydroxyl groups is 1. The number of nitrogens with one attached hydrogen (secondary N) is 2. The number of ether oxygens (including phenoxy) is 3. The van der Waals surface area contributed by atoms with Gasteiger partial charge in [0.15, 0.2) is 6.29 Å². The summed E-state index contributed by atoms with van der Waals surface area (Å²) in [6.45, 7) is 3.04. The van der Waals surface area contributed by atoms with Gasteiger partial charge in [-0.1, -0.05) is 97.9 Å². The Hall–Kier alpha value is -3.82. The number of thioether (sulfide) groups is 1. The van der Waals surface area contributed by atoms with E-state index in [1.54, 1.807) is 18.9 Å². The predicted octanol–water partition coefficient (Wildman–Crippen LogP) is 6.77. The Balaban J connectivity index is 1.26. The number of rotatable bonds is 11. The summed E-state index contributed by atoms with van der Waals surface area (Å²) in [6, 6.07) is 33.5. The van der Waals surface area contributed by atoms with Crippen molar-refractivity contribution in [2.24, 2.45) is 5.92 Å². The first-order valence-corrected chi connectivity index (χ1v) is 15.4. The normalized spacial score (nSPS) is 19.9. The molecule has 1 heterocycles. The SMILES string of the molecule is COc1ccccc1SC[C@@H]1O[C@H](c2ccc(CNC(=O)NCc3ccccc3)cc2)O[C@H](c2ccc(CO)cc2)[C@@H]1C. The second kappa shape index (κ2) is 15.1. The maximum Gasteiger partial charge on any atom is 0.315 e. The summed E-state index contributed by atoms with van der Waals surface area (Å²) in [6.07, 6.45) is -0.839. The zero-order valence-corrected chi connectivity index (χ0v) is 25.3. The highest BCUT2D eigenvalue weighted by molar-refractivity contribution is 7.99. The van der Waals surface area contributed by atoms with Crippen molar-refractivity contribution in [1.82, 2.24) is 10.6 Å². The third kappa shape index (κ3) is 8.18. The van der Waals surface area contributed by atoms with E-state index in [9.17, 15) is 9.90 Å². The molecule has 4 aromatic carbocycles. The van der Waals surface area contributed by atoms with Crippen LogP contribution in [0, 0.1) is 5.92 Å². The molecule has 8 heteroatoms. The lowest BCUT2D eigenvalue weighted by atomic mass is 9.91. The highest BCUT2D eigenvalue weighted by Gasteiger charge is 2.38. The van der Waals surface area contributed by atoms with Crippen molar-refractivity contribution in [3.8, 4) is 5.75 Å². The van der Waals surface area contributed by atoms with Gasteiger partial charge in [-0.3, -0.25) is 0 Å². The first-order valence-electron chi connectivity index (χ1n) is 14.4. The molecule has 7 nitrogen and oxygen atoms in total. The molecule has 4 aromatic rings. The highest BCUT2D eigenvalue weighted by Crippen LogP contribution is 2.43. The Morgan fingerprint density at radius 3 is 2.07 bits per heavy atom. The quantitative estimate of drug-likeness (QED) is 0.165. The minimum absolute atomic E-state index is 0.00115. The average Bonchev–Trinajstić information content (AvgIpc) is 3.07. The summed E-state index contributed by atoms with van der Waals surface area (Å²) in [5.74, 6) is 1.65. The van der Waals surface area contributed by atoms with Gasteiger partial charge in [0.25, 0.3) is 0 Å². The molecule has 1 fully saturated rings. The smallest absolute Gasteiger partial charge is 0.315 e. The van der Waals surface area contributed by atoms with Gasteiger partial charge in [0.05, 0.1) is 25.9 Å². The zero-order chi connectivity index (χ0) is 30.0. The lowest BCUT2D eigenvalue weighted by Crippen LogP contribution is -2.38. The van der Waals surface area contributed by atoms with Crippen LogP contribution < -0.4 is 15.4 Å². The number of hydrogen-bond acceptors (Lipinski definition) is 6. The van der Waals surface area contributed by atoms with Crippen LogP contribution in [-0.2, 0) is 29.2 Å². The lowest BCUT2D eigenvalue weighted by molar-refractivity contribution is -0.268. The Morgan fingerprint density at radius 2 is 1.40 bits per heavy atom. The van der Waals surface area contributed by atoms with Gasteiger partial charge in [-0.15, -0.1) is 11.8 Å². The summed E-state index contributed by atoms with van der Waals surface area (Å²) in [5, 5.41) is 15.3. The maximum absolute atomic E-state index is 12.3. The van der Waals surface area contributed by atoms with Crippen LogP contribution in [0.1, 0.15) is 47.1 Å². The van der Waals surface area contributed by atoms with Crippen molar-refractivity contribution < 1.29 is 24.1 Å². The van der Waals surface area contributed by atoms with Crippen molar-refractivity contribution in [2.45, 2.75) is 50.0 Å². The largest absolute Gasteiger partial charge is 0.496 e. The number of para-hydroxylation sites is 1.